The third-order valence-corrected chi connectivity index (χ3v) is 4.53. The van der Waals surface area contributed by atoms with Crippen molar-refractivity contribution in [3.63, 3.8) is 0 Å². The summed E-state index contributed by atoms with van der Waals surface area (Å²) in [6, 6.07) is 29.8. The minimum atomic E-state index is 0. The van der Waals surface area contributed by atoms with E-state index in [4.69, 9.17) is 0 Å². The van der Waals surface area contributed by atoms with Crippen molar-refractivity contribution < 1.29 is 33.9 Å². The van der Waals surface area contributed by atoms with E-state index in [0.29, 0.717) is 0 Å². The Bertz CT molecular complexity index is 872. The second kappa shape index (κ2) is 12.0. The molecular formula is C25H26Cl2N2. The highest BCUT2D eigenvalue weighted by Gasteiger charge is 2.07. The van der Waals surface area contributed by atoms with E-state index >= 15 is 0 Å². The van der Waals surface area contributed by atoms with E-state index in [1.165, 1.54) is 22.3 Å². The van der Waals surface area contributed by atoms with Gasteiger partial charge in [-0.25, -0.2) is 9.13 Å². The summed E-state index contributed by atoms with van der Waals surface area (Å²) in [6.45, 7) is 1.79. The molecule has 0 radical (unpaired) electrons. The lowest BCUT2D eigenvalue weighted by Crippen LogP contribution is -3.00. The molecule has 0 N–H and O–H groups in total. The number of halogens is 2. The minimum absolute atomic E-state index is 0. The molecule has 4 heteroatoms. The van der Waals surface area contributed by atoms with E-state index in [0.717, 1.165) is 13.1 Å². The molecule has 4 aromatic rings. The summed E-state index contributed by atoms with van der Waals surface area (Å²) < 4.78 is 4.41. The highest BCUT2D eigenvalue weighted by molar-refractivity contribution is 5.60. The average molecular weight is 425 g/mol. The maximum atomic E-state index is 2.21. The lowest BCUT2D eigenvalue weighted by molar-refractivity contribution is -0.688. The van der Waals surface area contributed by atoms with Crippen molar-refractivity contribution in [2.45, 2.75) is 20.5 Å². The van der Waals surface area contributed by atoms with Crippen molar-refractivity contribution in [3.8, 4) is 11.1 Å². The lowest BCUT2D eigenvalue weighted by atomic mass is 10.1. The smallest absolute Gasteiger partial charge is 0.173 e. The predicted molar refractivity (Wildman–Crippen MR) is 110 cm³/mol. The van der Waals surface area contributed by atoms with Crippen LogP contribution >= 0.6 is 0 Å². The van der Waals surface area contributed by atoms with Gasteiger partial charge in [-0.3, -0.25) is 0 Å². The van der Waals surface area contributed by atoms with Gasteiger partial charge in [0, 0.05) is 35.4 Å². The average Bonchev–Trinajstić information content (AvgIpc) is 2.71. The monoisotopic (exact) mass is 424 g/mol. The Morgan fingerprint density at radius 1 is 0.448 bits per heavy atom. The molecule has 0 spiro atoms. The van der Waals surface area contributed by atoms with Gasteiger partial charge in [0.15, 0.2) is 37.9 Å². The normalized spacial score (nSPS) is 9.52. The Labute approximate surface area is 186 Å². The van der Waals surface area contributed by atoms with Crippen LogP contribution in [0.5, 0.6) is 0 Å². The van der Waals surface area contributed by atoms with Crippen molar-refractivity contribution >= 4 is 0 Å². The van der Waals surface area contributed by atoms with E-state index < -0.39 is 0 Å². The third kappa shape index (κ3) is 6.70. The van der Waals surface area contributed by atoms with Crippen LogP contribution < -0.4 is 33.9 Å². The number of aromatic nitrogens is 2. The largest absolute Gasteiger partial charge is 1.00 e. The first-order chi connectivity index (χ1) is 12.9. The zero-order valence-electron chi connectivity index (χ0n) is 15.5. The van der Waals surface area contributed by atoms with Gasteiger partial charge in [-0.05, 0) is 11.1 Å². The van der Waals surface area contributed by atoms with Crippen LogP contribution in [0.15, 0.2) is 110 Å². The number of pyridine rings is 2. The van der Waals surface area contributed by atoms with Gasteiger partial charge in [0.1, 0.15) is 0 Å². The van der Waals surface area contributed by atoms with Crippen LogP contribution in [0.3, 0.4) is 0 Å². The molecule has 0 amide bonds. The SMILES string of the molecule is C.[Cl-].[Cl-].c1ccc(C[n+]2ccc(-c3cc[n+](Cc4ccccc4)cc3)cc2)cc1. The Morgan fingerprint density at radius 3 is 1.07 bits per heavy atom. The van der Waals surface area contributed by atoms with E-state index in [1.807, 2.05) is 0 Å². The highest BCUT2D eigenvalue weighted by atomic mass is 35.5. The summed E-state index contributed by atoms with van der Waals surface area (Å²) in [5.41, 5.74) is 5.10. The number of nitrogens with zero attached hydrogens (tertiary/aromatic N) is 2. The Kier molecular flexibility index (Phi) is 10.1. The Hall–Kier alpha value is -2.68. The molecule has 2 aromatic carbocycles. The summed E-state index contributed by atoms with van der Waals surface area (Å²) in [4.78, 5) is 0. The van der Waals surface area contributed by atoms with Gasteiger partial charge in [-0.2, -0.15) is 0 Å². The van der Waals surface area contributed by atoms with E-state index in [2.05, 4.69) is 119 Å². The summed E-state index contributed by atoms with van der Waals surface area (Å²) in [6.07, 6.45) is 8.58. The van der Waals surface area contributed by atoms with Gasteiger partial charge >= 0.3 is 0 Å². The van der Waals surface area contributed by atoms with Crippen molar-refractivity contribution in [1.29, 1.82) is 0 Å². The van der Waals surface area contributed by atoms with Crippen LogP contribution in [0.25, 0.3) is 11.1 Å². The van der Waals surface area contributed by atoms with Crippen LogP contribution in [0, 0.1) is 0 Å². The van der Waals surface area contributed by atoms with Gasteiger partial charge in [-0.15, -0.1) is 0 Å². The first kappa shape index (κ1) is 24.4. The first-order valence-electron chi connectivity index (χ1n) is 8.93. The zero-order valence-corrected chi connectivity index (χ0v) is 17.0. The molecule has 0 fully saturated rings. The highest BCUT2D eigenvalue weighted by Crippen LogP contribution is 2.15. The van der Waals surface area contributed by atoms with Gasteiger partial charge in [0.05, 0.1) is 0 Å². The fourth-order valence-electron chi connectivity index (χ4n) is 3.10. The fourth-order valence-corrected chi connectivity index (χ4v) is 3.10. The third-order valence-electron chi connectivity index (χ3n) is 4.53. The molecular weight excluding hydrogens is 399 g/mol. The molecule has 4 rings (SSSR count). The molecule has 0 saturated heterocycles. The van der Waals surface area contributed by atoms with Crippen LogP contribution in [0.1, 0.15) is 18.6 Å². The van der Waals surface area contributed by atoms with Crippen molar-refractivity contribution in [3.05, 3.63) is 121 Å². The summed E-state index contributed by atoms with van der Waals surface area (Å²) in [7, 11) is 0. The summed E-state index contributed by atoms with van der Waals surface area (Å²) in [5.74, 6) is 0. The van der Waals surface area contributed by atoms with Crippen molar-refractivity contribution in [2.75, 3.05) is 0 Å². The second-order valence-corrected chi connectivity index (χ2v) is 6.49. The molecule has 150 valence electrons. The topological polar surface area (TPSA) is 7.76 Å². The standard InChI is InChI=1S/C24H22N2.CH4.2ClH/c1-3-7-21(8-4-1)19-25-15-11-23(12-16-25)24-13-17-26(18-14-24)20-22-9-5-2-6-10-22;;;/h1-18H,19-20H2;1H4;2*1H/q+2;;;/p-2. The quantitative estimate of drug-likeness (QED) is 0.350. The Balaban J connectivity index is 0.00000140. The molecule has 0 unspecified atom stereocenters. The van der Waals surface area contributed by atoms with E-state index in [1.54, 1.807) is 0 Å². The molecule has 2 heterocycles. The zero-order chi connectivity index (χ0) is 17.6. The van der Waals surface area contributed by atoms with Gasteiger partial charge < -0.3 is 24.8 Å². The molecule has 0 atom stereocenters. The summed E-state index contributed by atoms with van der Waals surface area (Å²) in [5, 5.41) is 0. The minimum Gasteiger partial charge on any atom is -1.00 e. The van der Waals surface area contributed by atoms with E-state index in [9.17, 15) is 0 Å². The second-order valence-electron chi connectivity index (χ2n) is 6.49. The number of benzene rings is 2. The molecule has 0 aliphatic carbocycles. The summed E-state index contributed by atoms with van der Waals surface area (Å²) >= 11 is 0. The number of hydrogen-bond donors (Lipinski definition) is 0. The number of hydrogen-bond acceptors (Lipinski definition) is 0. The number of rotatable bonds is 5. The van der Waals surface area contributed by atoms with Crippen LogP contribution in [-0.2, 0) is 13.1 Å². The lowest BCUT2D eigenvalue weighted by Gasteiger charge is -2.02. The van der Waals surface area contributed by atoms with Gasteiger partial charge in [0.25, 0.3) is 0 Å². The fraction of sp³-hybridized carbons (Fsp3) is 0.120. The predicted octanol–water partition coefficient (Wildman–Crippen LogP) is -1.33. The van der Waals surface area contributed by atoms with Gasteiger partial charge in [0.2, 0.25) is 0 Å². The van der Waals surface area contributed by atoms with Crippen LogP contribution in [0.2, 0.25) is 0 Å². The van der Waals surface area contributed by atoms with Crippen molar-refractivity contribution in [1.82, 2.24) is 0 Å². The maximum Gasteiger partial charge on any atom is 0.173 e. The molecule has 29 heavy (non-hydrogen) atoms. The molecule has 0 aliphatic rings. The molecule has 0 bridgehead atoms. The van der Waals surface area contributed by atoms with Crippen LogP contribution in [0.4, 0.5) is 0 Å². The molecule has 2 nitrogen and oxygen atoms in total. The Morgan fingerprint density at radius 2 is 0.759 bits per heavy atom. The van der Waals surface area contributed by atoms with Gasteiger partial charge in [-0.1, -0.05) is 68.1 Å². The molecule has 0 aliphatic heterocycles. The maximum absolute atomic E-state index is 2.21. The van der Waals surface area contributed by atoms with Crippen LogP contribution in [-0.4, -0.2) is 0 Å². The van der Waals surface area contributed by atoms with E-state index in [-0.39, 0.29) is 32.2 Å². The van der Waals surface area contributed by atoms with Crippen molar-refractivity contribution in [2.24, 2.45) is 0 Å². The molecule has 2 aromatic heterocycles. The molecule has 0 saturated carbocycles. The first-order valence-corrected chi connectivity index (χ1v) is 8.93.